The molecule has 0 atom stereocenters. The lowest BCUT2D eigenvalue weighted by Gasteiger charge is -2.11. The number of hydrogen-bond acceptors (Lipinski definition) is 3. The highest BCUT2D eigenvalue weighted by Gasteiger charge is 2.07. The van der Waals surface area contributed by atoms with Gasteiger partial charge in [0.1, 0.15) is 0 Å². The first kappa shape index (κ1) is 14.1. The Hall–Kier alpha value is -1.33. The van der Waals surface area contributed by atoms with Gasteiger partial charge in [0.15, 0.2) is 0 Å². The van der Waals surface area contributed by atoms with Crippen LogP contribution in [0.5, 0.6) is 0 Å². The van der Waals surface area contributed by atoms with Crippen molar-refractivity contribution in [1.82, 2.24) is 0 Å². The number of rotatable bonds is 4. The van der Waals surface area contributed by atoms with Gasteiger partial charge in [-0.25, -0.2) is 0 Å². The molecule has 0 aliphatic rings. The molecule has 2 rings (SSSR count). The molecule has 2 N–H and O–H groups in total. The van der Waals surface area contributed by atoms with Gasteiger partial charge in [0.25, 0.3) is 0 Å². The van der Waals surface area contributed by atoms with E-state index in [4.69, 9.17) is 0 Å². The second kappa shape index (κ2) is 6.21. The Morgan fingerprint density at radius 1 is 1.32 bits per heavy atom. The molecule has 0 saturated carbocycles. The summed E-state index contributed by atoms with van der Waals surface area (Å²) in [6, 6.07) is 8.00. The van der Waals surface area contributed by atoms with E-state index in [1.165, 1.54) is 12.5 Å². The molecule has 3 nitrogen and oxygen atoms in total. The molecule has 100 valence electrons. The Morgan fingerprint density at radius 3 is 2.84 bits per heavy atom. The van der Waals surface area contributed by atoms with E-state index in [1.54, 1.807) is 11.3 Å². The quantitative estimate of drug-likeness (QED) is 0.867. The molecule has 19 heavy (non-hydrogen) atoms. The standard InChI is InChI=1S/C14H15BrN2OS/c1-9-11(15)4-3-5-12(9)16-8-14-13(6-7-19-14)17-10(2)18/h3-7,16H,8H2,1-2H3,(H,17,18). The smallest absolute Gasteiger partial charge is 0.221 e. The lowest BCUT2D eigenvalue weighted by molar-refractivity contribution is -0.114. The highest BCUT2D eigenvalue weighted by molar-refractivity contribution is 9.10. The van der Waals surface area contributed by atoms with E-state index < -0.39 is 0 Å². The van der Waals surface area contributed by atoms with Gasteiger partial charge in [0, 0.05) is 22.0 Å². The van der Waals surface area contributed by atoms with Crippen LogP contribution in [0, 0.1) is 6.92 Å². The number of anilines is 2. The van der Waals surface area contributed by atoms with Gasteiger partial charge in [0.2, 0.25) is 5.91 Å². The van der Waals surface area contributed by atoms with E-state index in [1.807, 2.05) is 29.6 Å². The SMILES string of the molecule is CC(=O)Nc1ccsc1CNc1cccc(Br)c1C. The third-order valence-corrected chi connectivity index (χ3v) is 4.54. The van der Waals surface area contributed by atoms with Crippen LogP contribution in [0.1, 0.15) is 17.4 Å². The Bertz CT molecular complexity index is 595. The van der Waals surface area contributed by atoms with Gasteiger partial charge in [-0.3, -0.25) is 4.79 Å². The monoisotopic (exact) mass is 338 g/mol. The molecule has 0 unspecified atom stereocenters. The van der Waals surface area contributed by atoms with E-state index in [-0.39, 0.29) is 5.91 Å². The van der Waals surface area contributed by atoms with Gasteiger partial charge in [-0.15, -0.1) is 11.3 Å². The van der Waals surface area contributed by atoms with E-state index in [9.17, 15) is 4.79 Å². The van der Waals surface area contributed by atoms with Crippen LogP contribution in [-0.4, -0.2) is 5.91 Å². The lowest BCUT2D eigenvalue weighted by atomic mass is 10.2. The maximum absolute atomic E-state index is 11.1. The molecule has 0 aliphatic carbocycles. The first-order valence-electron chi connectivity index (χ1n) is 5.91. The fraction of sp³-hybridized carbons (Fsp3) is 0.214. The summed E-state index contributed by atoms with van der Waals surface area (Å²) in [5.74, 6) is -0.0433. The molecular weight excluding hydrogens is 324 g/mol. The Morgan fingerprint density at radius 2 is 2.11 bits per heavy atom. The van der Waals surface area contributed by atoms with Crippen LogP contribution in [0.2, 0.25) is 0 Å². The molecule has 0 spiro atoms. The third kappa shape index (κ3) is 3.58. The van der Waals surface area contributed by atoms with Crippen molar-refractivity contribution in [3.8, 4) is 0 Å². The molecule has 1 aromatic carbocycles. The molecule has 0 fully saturated rings. The molecule has 0 radical (unpaired) electrons. The molecular formula is C14H15BrN2OS. The Balaban J connectivity index is 2.08. The van der Waals surface area contributed by atoms with Gasteiger partial charge < -0.3 is 10.6 Å². The van der Waals surface area contributed by atoms with Crippen LogP contribution in [0.3, 0.4) is 0 Å². The topological polar surface area (TPSA) is 41.1 Å². The number of halogens is 1. The summed E-state index contributed by atoms with van der Waals surface area (Å²) in [5.41, 5.74) is 3.16. The van der Waals surface area contributed by atoms with E-state index in [0.717, 1.165) is 20.7 Å². The van der Waals surface area contributed by atoms with Crippen LogP contribution >= 0.6 is 27.3 Å². The minimum Gasteiger partial charge on any atom is -0.380 e. The molecule has 0 saturated heterocycles. The van der Waals surface area contributed by atoms with Crippen molar-refractivity contribution in [3.63, 3.8) is 0 Å². The van der Waals surface area contributed by atoms with Crippen molar-refractivity contribution in [2.75, 3.05) is 10.6 Å². The second-order valence-corrected chi connectivity index (χ2v) is 6.06. The summed E-state index contributed by atoms with van der Waals surface area (Å²) < 4.78 is 1.09. The zero-order valence-electron chi connectivity index (χ0n) is 10.8. The van der Waals surface area contributed by atoms with Gasteiger partial charge in [-0.1, -0.05) is 22.0 Å². The number of thiophene rings is 1. The van der Waals surface area contributed by atoms with Gasteiger partial charge in [-0.2, -0.15) is 0 Å². The van der Waals surface area contributed by atoms with Crippen LogP contribution in [0.25, 0.3) is 0 Å². The first-order chi connectivity index (χ1) is 9.08. The zero-order valence-corrected chi connectivity index (χ0v) is 13.2. The van der Waals surface area contributed by atoms with Crippen LogP contribution in [-0.2, 0) is 11.3 Å². The van der Waals surface area contributed by atoms with Crippen molar-refractivity contribution < 1.29 is 4.79 Å². The van der Waals surface area contributed by atoms with Gasteiger partial charge >= 0.3 is 0 Å². The molecule has 0 bridgehead atoms. The predicted octanol–water partition coefficient (Wildman–Crippen LogP) is 4.39. The van der Waals surface area contributed by atoms with Crippen LogP contribution < -0.4 is 10.6 Å². The number of carbonyl (C=O) groups excluding carboxylic acids is 1. The van der Waals surface area contributed by atoms with E-state index >= 15 is 0 Å². The van der Waals surface area contributed by atoms with E-state index in [0.29, 0.717) is 6.54 Å². The number of carbonyl (C=O) groups is 1. The summed E-state index contributed by atoms with van der Waals surface area (Å²) in [6.45, 7) is 4.29. The molecule has 1 heterocycles. The first-order valence-corrected chi connectivity index (χ1v) is 7.58. The average Bonchev–Trinajstić information content (AvgIpc) is 2.78. The normalized spacial score (nSPS) is 10.3. The zero-order chi connectivity index (χ0) is 13.8. The summed E-state index contributed by atoms with van der Waals surface area (Å²) >= 11 is 5.15. The summed E-state index contributed by atoms with van der Waals surface area (Å²) in [7, 11) is 0. The maximum Gasteiger partial charge on any atom is 0.221 e. The highest BCUT2D eigenvalue weighted by atomic mass is 79.9. The van der Waals surface area contributed by atoms with Gasteiger partial charge in [0.05, 0.1) is 12.2 Å². The molecule has 5 heteroatoms. The minimum absolute atomic E-state index is 0.0433. The fourth-order valence-corrected chi connectivity index (χ4v) is 2.89. The average molecular weight is 339 g/mol. The predicted molar refractivity (Wildman–Crippen MR) is 84.8 cm³/mol. The number of amides is 1. The number of nitrogens with one attached hydrogen (secondary N) is 2. The maximum atomic E-state index is 11.1. The molecule has 1 aromatic heterocycles. The van der Waals surface area contributed by atoms with Crippen molar-refractivity contribution in [3.05, 3.63) is 44.6 Å². The Kier molecular flexibility index (Phi) is 4.61. The Labute approximate surface area is 125 Å². The minimum atomic E-state index is -0.0433. The number of benzene rings is 1. The largest absolute Gasteiger partial charge is 0.380 e. The van der Waals surface area contributed by atoms with Crippen LogP contribution in [0.4, 0.5) is 11.4 Å². The molecule has 1 amide bonds. The van der Waals surface area contributed by atoms with Crippen molar-refractivity contribution in [2.45, 2.75) is 20.4 Å². The summed E-state index contributed by atoms with van der Waals surface area (Å²) in [6.07, 6.45) is 0. The molecule has 2 aromatic rings. The fourth-order valence-electron chi connectivity index (χ4n) is 1.75. The van der Waals surface area contributed by atoms with Crippen molar-refractivity contribution in [2.24, 2.45) is 0 Å². The van der Waals surface area contributed by atoms with Crippen LogP contribution in [0.15, 0.2) is 34.1 Å². The summed E-state index contributed by atoms with van der Waals surface area (Å²) in [4.78, 5) is 12.2. The van der Waals surface area contributed by atoms with E-state index in [2.05, 4.69) is 33.5 Å². The van der Waals surface area contributed by atoms with Gasteiger partial charge in [-0.05, 0) is 36.1 Å². The third-order valence-electron chi connectivity index (χ3n) is 2.76. The van der Waals surface area contributed by atoms with Crippen molar-refractivity contribution in [1.29, 1.82) is 0 Å². The lowest BCUT2D eigenvalue weighted by Crippen LogP contribution is -2.08. The highest BCUT2D eigenvalue weighted by Crippen LogP contribution is 2.27. The second-order valence-electron chi connectivity index (χ2n) is 4.20. The number of hydrogen-bond donors (Lipinski definition) is 2. The molecule has 0 aliphatic heterocycles. The summed E-state index contributed by atoms with van der Waals surface area (Å²) in [5, 5.41) is 8.22. The van der Waals surface area contributed by atoms with Crippen molar-refractivity contribution >= 4 is 44.5 Å².